The monoisotopic (exact) mass is 385 g/mol. The molecule has 29 heavy (non-hydrogen) atoms. The maximum atomic E-state index is 12.8. The average molecular weight is 385 g/mol. The first kappa shape index (κ1) is 17.8. The van der Waals surface area contributed by atoms with Crippen LogP contribution in [-0.2, 0) is 11.3 Å². The van der Waals surface area contributed by atoms with Crippen LogP contribution in [0.4, 0.5) is 0 Å². The van der Waals surface area contributed by atoms with Gasteiger partial charge in [-0.05, 0) is 30.2 Å². The first-order valence-corrected chi connectivity index (χ1v) is 9.95. The smallest absolute Gasteiger partial charge is 0.223 e. The number of carbonyl (C=O) groups excluding carboxylic acids is 1. The van der Waals surface area contributed by atoms with E-state index in [-0.39, 0.29) is 11.8 Å². The van der Waals surface area contributed by atoms with Crippen LogP contribution in [0.3, 0.4) is 0 Å². The van der Waals surface area contributed by atoms with E-state index in [2.05, 4.69) is 43.3 Å². The highest BCUT2D eigenvalue weighted by molar-refractivity contribution is 6.09. The average Bonchev–Trinajstić information content (AvgIpc) is 3.30. The van der Waals surface area contributed by atoms with Crippen LogP contribution < -0.4 is 4.74 Å². The van der Waals surface area contributed by atoms with Crippen LogP contribution >= 0.6 is 0 Å². The zero-order chi connectivity index (χ0) is 20.0. The Balaban J connectivity index is 1.52. The number of methoxy groups -OCH3 is 1. The van der Waals surface area contributed by atoms with Crippen LogP contribution in [0.15, 0.2) is 65.1 Å². The van der Waals surface area contributed by atoms with E-state index in [4.69, 9.17) is 9.15 Å². The van der Waals surface area contributed by atoms with E-state index < -0.39 is 0 Å². The molecule has 1 unspecified atom stereocenters. The summed E-state index contributed by atoms with van der Waals surface area (Å²) in [5.74, 6) is 1.07. The molecule has 5 rings (SSSR count). The predicted molar refractivity (Wildman–Crippen MR) is 114 cm³/mol. The van der Waals surface area contributed by atoms with Crippen LogP contribution in [0.2, 0.25) is 0 Å². The van der Waals surface area contributed by atoms with Gasteiger partial charge < -0.3 is 14.1 Å². The number of amides is 1. The van der Waals surface area contributed by atoms with E-state index in [0.717, 1.165) is 33.3 Å². The minimum atomic E-state index is 0.141. The third-order valence-electron chi connectivity index (χ3n) is 5.89. The van der Waals surface area contributed by atoms with Gasteiger partial charge >= 0.3 is 0 Å². The van der Waals surface area contributed by atoms with Crippen molar-refractivity contribution in [1.29, 1.82) is 0 Å². The van der Waals surface area contributed by atoms with Gasteiger partial charge in [0.2, 0.25) is 5.91 Å². The summed E-state index contributed by atoms with van der Waals surface area (Å²) in [6.07, 6.45) is 0.521. The highest BCUT2D eigenvalue weighted by Gasteiger charge is 2.32. The van der Waals surface area contributed by atoms with Crippen molar-refractivity contribution in [2.75, 3.05) is 13.7 Å². The number of aryl methyl sites for hydroxylation is 1. The zero-order valence-corrected chi connectivity index (χ0v) is 16.6. The SMILES string of the molecule is COc1ccc(C2CC(=O)N(Cc3ccc(C)cc3)C2)c2c1oc1ccccc12. The second-order valence-electron chi connectivity index (χ2n) is 7.82. The van der Waals surface area contributed by atoms with E-state index in [1.807, 2.05) is 29.2 Å². The largest absolute Gasteiger partial charge is 0.493 e. The van der Waals surface area contributed by atoms with Crippen molar-refractivity contribution in [3.8, 4) is 5.75 Å². The van der Waals surface area contributed by atoms with Crippen LogP contribution in [0, 0.1) is 6.92 Å². The molecule has 1 amide bonds. The standard InChI is InChI=1S/C25H23NO3/c1-16-7-9-17(10-8-16)14-26-15-18(13-23(26)27)19-11-12-22(28-2)25-24(19)20-5-3-4-6-21(20)29-25/h3-12,18H,13-15H2,1-2H3. The molecule has 4 heteroatoms. The van der Waals surface area contributed by atoms with Crippen molar-refractivity contribution in [1.82, 2.24) is 4.90 Å². The predicted octanol–water partition coefficient (Wildman–Crippen LogP) is 5.42. The maximum Gasteiger partial charge on any atom is 0.223 e. The molecule has 4 nitrogen and oxygen atoms in total. The fraction of sp³-hybridized carbons (Fsp3) is 0.240. The Hall–Kier alpha value is -3.27. The molecule has 2 heterocycles. The van der Waals surface area contributed by atoms with Crippen LogP contribution in [0.1, 0.15) is 29.0 Å². The Kier molecular flexibility index (Phi) is 4.27. The summed E-state index contributed by atoms with van der Waals surface area (Å²) in [4.78, 5) is 14.7. The van der Waals surface area contributed by atoms with Crippen LogP contribution in [0.25, 0.3) is 21.9 Å². The summed E-state index contributed by atoms with van der Waals surface area (Å²) >= 11 is 0. The van der Waals surface area contributed by atoms with Crippen LogP contribution in [0.5, 0.6) is 5.75 Å². The van der Waals surface area contributed by atoms with E-state index in [1.54, 1.807) is 7.11 Å². The van der Waals surface area contributed by atoms with Gasteiger partial charge in [0, 0.05) is 36.2 Å². The molecule has 0 radical (unpaired) electrons. The summed E-state index contributed by atoms with van der Waals surface area (Å²) in [5, 5.41) is 2.13. The van der Waals surface area contributed by atoms with Gasteiger partial charge in [-0.2, -0.15) is 0 Å². The number of hydrogen-bond acceptors (Lipinski definition) is 3. The topological polar surface area (TPSA) is 42.7 Å². The third kappa shape index (κ3) is 3.05. The number of fused-ring (bicyclic) bond motifs is 3. The van der Waals surface area contributed by atoms with Crippen LogP contribution in [-0.4, -0.2) is 24.5 Å². The molecule has 0 bridgehead atoms. The van der Waals surface area contributed by atoms with Gasteiger partial charge in [-0.15, -0.1) is 0 Å². The highest BCUT2D eigenvalue weighted by Crippen LogP contribution is 2.42. The van der Waals surface area contributed by atoms with Gasteiger partial charge in [-0.25, -0.2) is 0 Å². The quantitative estimate of drug-likeness (QED) is 0.471. The molecule has 1 fully saturated rings. The number of rotatable bonds is 4. The number of hydrogen-bond donors (Lipinski definition) is 0. The maximum absolute atomic E-state index is 12.8. The minimum absolute atomic E-state index is 0.141. The summed E-state index contributed by atoms with van der Waals surface area (Å²) in [5.41, 5.74) is 5.15. The van der Waals surface area contributed by atoms with E-state index >= 15 is 0 Å². The number of para-hydroxylation sites is 1. The van der Waals surface area contributed by atoms with Gasteiger partial charge in [0.25, 0.3) is 0 Å². The molecule has 0 aliphatic carbocycles. The lowest BCUT2D eigenvalue weighted by atomic mass is 9.93. The van der Waals surface area contributed by atoms with Crippen molar-refractivity contribution >= 4 is 27.8 Å². The first-order valence-electron chi connectivity index (χ1n) is 9.95. The molecule has 146 valence electrons. The second-order valence-corrected chi connectivity index (χ2v) is 7.82. The number of carbonyl (C=O) groups is 1. The number of likely N-dealkylation sites (tertiary alicyclic amines) is 1. The van der Waals surface area contributed by atoms with Gasteiger partial charge in [0.1, 0.15) is 5.58 Å². The number of furan rings is 1. The lowest BCUT2D eigenvalue weighted by Gasteiger charge is -2.17. The molecule has 0 saturated carbocycles. The molecule has 3 aromatic carbocycles. The molecule has 4 aromatic rings. The van der Waals surface area contributed by atoms with Crippen molar-refractivity contribution in [3.63, 3.8) is 0 Å². The van der Waals surface area contributed by atoms with Crippen molar-refractivity contribution in [2.24, 2.45) is 0 Å². The van der Waals surface area contributed by atoms with E-state index in [9.17, 15) is 4.79 Å². The Morgan fingerprint density at radius 3 is 2.66 bits per heavy atom. The summed E-state index contributed by atoms with van der Waals surface area (Å²) in [7, 11) is 1.66. The van der Waals surface area contributed by atoms with E-state index in [1.165, 1.54) is 11.1 Å². The van der Waals surface area contributed by atoms with Gasteiger partial charge in [-0.3, -0.25) is 4.79 Å². The summed E-state index contributed by atoms with van der Waals surface area (Å²) in [6, 6.07) is 20.5. The Morgan fingerprint density at radius 2 is 1.86 bits per heavy atom. The zero-order valence-electron chi connectivity index (χ0n) is 16.6. The first-order chi connectivity index (χ1) is 14.1. The molecular formula is C25H23NO3. The van der Waals surface area contributed by atoms with Gasteiger partial charge in [0.05, 0.1) is 7.11 Å². The fourth-order valence-corrected chi connectivity index (χ4v) is 4.38. The lowest BCUT2D eigenvalue weighted by Crippen LogP contribution is -2.24. The Morgan fingerprint density at radius 1 is 1.07 bits per heavy atom. The molecule has 1 aliphatic heterocycles. The third-order valence-corrected chi connectivity index (χ3v) is 5.89. The summed E-state index contributed by atoms with van der Waals surface area (Å²) < 4.78 is 11.6. The molecule has 1 aromatic heterocycles. The second kappa shape index (κ2) is 6.96. The molecule has 1 saturated heterocycles. The van der Waals surface area contributed by atoms with Gasteiger partial charge in [-0.1, -0.05) is 54.1 Å². The van der Waals surface area contributed by atoms with Crippen molar-refractivity contribution < 1.29 is 13.9 Å². The minimum Gasteiger partial charge on any atom is -0.493 e. The fourth-order valence-electron chi connectivity index (χ4n) is 4.38. The molecule has 0 spiro atoms. The van der Waals surface area contributed by atoms with E-state index in [0.29, 0.717) is 19.5 Å². The van der Waals surface area contributed by atoms with Crippen molar-refractivity contribution in [3.05, 3.63) is 77.4 Å². The molecule has 0 N–H and O–H groups in total. The Labute approximate surface area is 169 Å². The van der Waals surface area contributed by atoms with Gasteiger partial charge in [0.15, 0.2) is 11.3 Å². The molecule has 1 atom stereocenters. The molecular weight excluding hydrogens is 362 g/mol. The number of benzene rings is 3. The normalized spacial score (nSPS) is 16.8. The molecule has 1 aliphatic rings. The highest BCUT2D eigenvalue weighted by atomic mass is 16.5. The van der Waals surface area contributed by atoms with Crippen molar-refractivity contribution in [2.45, 2.75) is 25.8 Å². The summed E-state index contributed by atoms with van der Waals surface area (Å²) in [6.45, 7) is 3.44. The number of ether oxygens (including phenoxy) is 1. The lowest BCUT2D eigenvalue weighted by molar-refractivity contribution is -0.128. The number of nitrogens with zero attached hydrogens (tertiary/aromatic N) is 1. The Bertz CT molecular complexity index is 1210.